The Hall–Kier alpha value is -2.04. The molecule has 0 heterocycles. The highest BCUT2D eigenvalue weighted by Gasteiger charge is 2.10. The predicted octanol–water partition coefficient (Wildman–Crippen LogP) is 2.75. The minimum atomic E-state index is -0.772. The number of aryl methyl sites for hydroxylation is 1. The summed E-state index contributed by atoms with van der Waals surface area (Å²) in [6.07, 6.45) is -0.587. The molecule has 0 aromatic heterocycles. The fourth-order valence-corrected chi connectivity index (χ4v) is 2.27. The lowest BCUT2D eigenvalue weighted by atomic mass is 10.1. The van der Waals surface area contributed by atoms with Crippen molar-refractivity contribution < 1.29 is 14.6 Å². The van der Waals surface area contributed by atoms with Crippen molar-refractivity contribution in [1.29, 1.82) is 0 Å². The Morgan fingerprint density at radius 3 is 2.78 bits per heavy atom. The molecule has 1 amide bonds. The second-order valence-corrected chi connectivity index (χ2v) is 5.76. The number of amides is 1. The highest BCUT2D eigenvalue weighted by molar-refractivity contribution is 6.31. The smallest absolute Gasteiger partial charge is 0.224 e. The van der Waals surface area contributed by atoms with Gasteiger partial charge in [-0.1, -0.05) is 41.9 Å². The van der Waals surface area contributed by atoms with Crippen LogP contribution in [0.25, 0.3) is 0 Å². The molecule has 0 aliphatic heterocycles. The summed E-state index contributed by atoms with van der Waals surface area (Å²) in [5.74, 6) is 0.513. The monoisotopic (exact) mass is 333 g/mol. The lowest BCUT2D eigenvalue weighted by Crippen LogP contribution is -2.36. The summed E-state index contributed by atoms with van der Waals surface area (Å²) in [5.41, 5.74) is 1.85. The van der Waals surface area contributed by atoms with Crippen LogP contribution in [-0.2, 0) is 11.2 Å². The Morgan fingerprint density at radius 1 is 1.26 bits per heavy atom. The number of carbonyl (C=O) groups excluding carboxylic acids is 1. The SMILES string of the molecule is Cc1cccc(OCC(O)CNC(=O)Cc2ccccc2Cl)c1. The standard InChI is InChI=1S/C18H20ClNO3/c1-13-5-4-7-16(9-13)23-12-15(21)11-20-18(22)10-14-6-2-3-8-17(14)19/h2-9,15,21H,10-12H2,1H3,(H,20,22). The summed E-state index contributed by atoms with van der Waals surface area (Å²) in [6, 6.07) is 14.8. The third-order valence-corrected chi connectivity index (χ3v) is 3.64. The second kappa shape index (κ2) is 8.56. The molecular formula is C18H20ClNO3. The first kappa shape index (κ1) is 17.3. The number of hydrogen-bond acceptors (Lipinski definition) is 3. The summed E-state index contributed by atoms with van der Waals surface area (Å²) in [5, 5.41) is 13.1. The van der Waals surface area contributed by atoms with Crippen molar-refractivity contribution in [3.8, 4) is 5.75 Å². The van der Waals surface area contributed by atoms with Crippen LogP contribution in [0.3, 0.4) is 0 Å². The average molecular weight is 334 g/mol. The average Bonchev–Trinajstić information content (AvgIpc) is 2.53. The zero-order chi connectivity index (χ0) is 16.7. The van der Waals surface area contributed by atoms with Gasteiger partial charge in [-0.3, -0.25) is 4.79 Å². The number of ether oxygens (including phenoxy) is 1. The maximum Gasteiger partial charge on any atom is 0.224 e. The fraction of sp³-hybridized carbons (Fsp3) is 0.278. The fourth-order valence-electron chi connectivity index (χ4n) is 2.07. The molecule has 0 saturated heterocycles. The van der Waals surface area contributed by atoms with Gasteiger partial charge in [0.15, 0.2) is 0 Å². The number of benzene rings is 2. The molecule has 1 atom stereocenters. The molecule has 0 saturated carbocycles. The van der Waals surface area contributed by atoms with Crippen LogP contribution in [-0.4, -0.2) is 30.3 Å². The number of aliphatic hydroxyl groups is 1. The van der Waals surface area contributed by atoms with E-state index in [1.165, 1.54) is 0 Å². The second-order valence-electron chi connectivity index (χ2n) is 5.35. The van der Waals surface area contributed by atoms with Crippen LogP contribution < -0.4 is 10.1 Å². The molecule has 122 valence electrons. The van der Waals surface area contributed by atoms with Crippen molar-refractivity contribution in [2.24, 2.45) is 0 Å². The summed E-state index contributed by atoms with van der Waals surface area (Å²) in [4.78, 5) is 11.9. The van der Waals surface area contributed by atoms with E-state index in [0.29, 0.717) is 10.8 Å². The van der Waals surface area contributed by atoms with E-state index in [1.54, 1.807) is 12.1 Å². The molecule has 0 bridgehead atoms. The van der Waals surface area contributed by atoms with Gasteiger partial charge in [-0.25, -0.2) is 0 Å². The van der Waals surface area contributed by atoms with E-state index in [0.717, 1.165) is 11.1 Å². The van der Waals surface area contributed by atoms with Crippen molar-refractivity contribution in [1.82, 2.24) is 5.32 Å². The number of carbonyl (C=O) groups is 1. The maximum absolute atomic E-state index is 11.9. The first-order valence-corrected chi connectivity index (χ1v) is 7.80. The number of halogens is 1. The highest BCUT2D eigenvalue weighted by Crippen LogP contribution is 2.15. The van der Waals surface area contributed by atoms with Crippen LogP contribution >= 0.6 is 11.6 Å². The highest BCUT2D eigenvalue weighted by atomic mass is 35.5. The molecular weight excluding hydrogens is 314 g/mol. The predicted molar refractivity (Wildman–Crippen MR) is 90.8 cm³/mol. The summed E-state index contributed by atoms with van der Waals surface area (Å²) < 4.78 is 5.50. The zero-order valence-electron chi connectivity index (χ0n) is 13.0. The molecule has 4 nitrogen and oxygen atoms in total. The van der Waals surface area contributed by atoms with Crippen LogP contribution in [0.4, 0.5) is 0 Å². The van der Waals surface area contributed by atoms with Crippen LogP contribution in [0, 0.1) is 6.92 Å². The molecule has 2 rings (SSSR count). The van der Waals surface area contributed by atoms with E-state index < -0.39 is 6.10 Å². The van der Waals surface area contributed by atoms with Crippen LogP contribution in [0.1, 0.15) is 11.1 Å². The normalized spacial score (nSPS) is 11.8. The third-order valence-electron chi connectivity index (χ3n) is 3.28. The third kappa shape index (κ3) is 5.93. The van der Waals surface area contributed by atoms with Gasteiger partial charge < -0.3 is 15.2 Å². The topological polar surface area (TPSA) is 58.6 Å². The number of aliphatic hydroxyl groups excluding tert-OH is 1. The van der Waals surface area contributed by atoms with Gasteiger partial charge in [-0.05, 0) is 36.2 Å². The molecule has 23 heavy (non-hydrogen) atoms. The molecule has 0 aliphatic rings. The van der Waals surface area contributed by atoms with Crippen molar-refractivity contribution in [2.45, 2.75) is 19.4 Å². The van der Waals surface area contributed by atoms with E-state index in [4.69, 9.17) is 16.3 Å². The minimum absolute atomic E-state index is 0.121. The van der Waals surface area contributed by atoms with Crippen molar-refractivity contribution in [2.75, 3.05) is 13.2 Å². The minimum Gasteiger partial charge on any atom is -0.491 e. The van der Waals surface area contributed by atoms with Gasteiger partial charge >= 0.3 is 0 Å². The molecule has 0 aliphatic carbocycles. The van der Waals surface area contributed by atoms with Crippen molar-refractivity contribution in [3.05, 3.63) is 64.7 Å². The summed E-state index contributed by atoms with van der Waals surface area (Å²) >= 11 is 6.01. The molecule has 5 heteroatoms. The first-order valence-electron chi connectivity index (χ1n) is 7.42. The van der Waals surface area contributed by atoms with Gasteiger partial charge in [0.05, 0.1) is 6.42 Å². The van der Waals surface area contributed by atoms with E-state index in [9.17, 15) is 9.90 Å². The van der Waals surface area contributed by atoms with Crippen molar-refractivity contribution >= 4 is 17.5 Å². The van der Waals surface area contributed by atoms with Gasteiger partial charge in [0.25, 0.3) is 0 Å². The molecule has 2 N–H and O–H groups in total. The first-order chi connectivity index (χ1) is 11.0. The molecule has 2 aromatic rings. The Kier molecular flexibility index (Phi) is 6.44. The van der Waals surface area contributed by atoms with Gasteiger partial charge in [-0.2, -0.15) is 0 Å². The van der Waals surface area contributed by atoms with Crippen LogP contribution in [0.5, 0.6) is 5.75 Å². The van der Waals surface area contributed by atoms with E-state index >= 15 is 0 Å². The number of hydrogen-bond donors (Lipinski definition) is 2. The summed E-state index contributed by atoms with van der Waals surface area (Å²) in [7, 11) is 0. The quantitative estimate of drug-likeness (QED) is 0.819. The molecule has 0 fully saturated rings. The molecule has 0 spiro atoms. The van der Waals surface area contributed by atoms with E-state index in [-0.39, 0.29) is 25.5 Å². The lowest BCUT2D eigenvalue weighted by molar-refractivity contribution is -0.121. The zero-order valence-corrected chi connectivity index (χ0v) is 13.7. The number of rotatable bonds is 7. The Balaban J connectivity index is 1.72. The molecule has 2 aromatic carbocycles. The van der Waals surface area contributed by atoms with E-state index in [2.05, 4.69) is 5.32 Å². The van der Waals surface area contributed by atoms with Gasteiger partial charge in [0.1, 0.15) is 18.5 Å². The maximum atomic E-state index is 11.9. The van der Waals surface area contributed by atoms with Gasteiger partial charge in [-0.15, -0.1) is 0 Å². The Morgan fingerprint density at radius 2 is 2.04 bits per heavy atom. The van der Waals surface area contributed by atoms with Crippen LogP contribution in [0.2, 0.25) is 5.02 Å². The van der Waals surface area contributed by atoms with E-state index in [1.807, 2.05) is 43.3 Å². The Labute approximate surface area is 141 Å². The lowest BCUT2D eigenvalue weighted by Gasteiger charge is -2.14. The van der Waals surface area contributed by atoms with Gasteiger partial charge in [0, 0.05) is 11.6 Å². The Bertz CT molecular complexity index is 660. The molecule has 1 unspecified atom stereocenters. The summed E-state index contributed by atoms with van der Waals surface area (Å²) in [6.45, 7) is 2.23. The largest absolute Gasteiger partial charge is 0.491 e. The molecule has 0 radical (unpaired) electrons. The van der Waals surface area contributed by atoms with Crippen LogP contribution in [0.15, 0.2) is 48.5 Å². The van der Waals surface area contributed by atoms with Crippen molar-refractivity contribution in [3.63, 3.8) is 0 Å². The number of nitrogens with one attached hydrogen (secondary N) is 1. The van der Waals surface area contributed by atoms with Gasteiger partial charge in [0.2, 0.25) is 5.91 Å².